The predicted octanol–water partition coefficient (Wildman–Crippen LogP) is 4.80. The van der Waals surface area contributed by atoms with Crippen LogP contribution >= 0.6 is 0 Å². The van der Waals surface area contributed by atoms with E-state index in [9.17, 15) is 18.0 Å². The van der Waals surface area contributed by atoms with Crippen LogP contribution in [0.15, 0.2) is 60.7 Å². The third-order valence-corrected chi connectivity index (χ3v) is 6.06. The molecule has 0 unspecified atom stereocenters. The number of carbonyl (C=O) groups is 1. The van der Waals surface area contributed by atoms with Gasteiger partial charge in [0.25, 0.3) is 0 Å². The summed E-state index contributed by atoms with van der Waals surface area (Å²) in [5, 5.41) is 5.75. The third kappa shape index (κ3) is 8.05. The highest BCUT2D eigenvalue weighted by Gasteiger charge is 2.50. The minimum atomic E-state index is -5.00. The number of benzene rings is 2. The lowest BCUT2D eigenvalue weighted by molar-refractivity contribution is -0.176. The van der Waals surface area contributed by atoms with Gasteiger partial charge in [-0.05, 0) is 50.8 Å². The summed E-state index contributed by atoms with van der Waals surface area (Å²) < 4.78 is 52.2. The molecule has 0 bridgehead atoms. The monoisotopic (exact) mass is 492 g/mol. The molecule has 35 heavy (non-hydrogen) atoms. The molecule has 5 nitrogen and oxygen atoms in total. The van der Waals surface area contributed by atoms with Gasteiger partial charge in [0.15, 0.2) is 5.79 Å². The van der Waals surface area contributed by atoms with E-state index in [2.05, 4.69) is 17.6 Å². The fourth-order valence-electron chi connectivity index (χ4n) is 4.44. The molecule has 192 valence electrons. The average Bonchev–Trinajstić information content (AvgIpc) is 3.14. The van der Waals surface area contributed by atoms with E-state index in [4.69, 9.17) is 9.47 Å². The van der Waals surface area contributed by atoms with E-state index in [1.807, 2.05) is 60.7 Å². The molecule has 0 radical (unpaired) electrons. The standard InChI is InChI=1S/C27H35F3N2O3/c1-4-5-16-31-21(17-19-12-8-6-9-13-19)23-24(35-26(2,3)34-23)22(32-25(33)27(28,29)30)18-20-14-10-7-11-15-20/h6-15,21-24,31H,4-5,16-18H2,1-3H3,(H,32,33)/t21-,22-,23+,24+/m1/s1. The first kappa shape index (κ1) is 27.2. The van der Waals surface area contributed by atoms with Gasteiger partial charge in [0.2, 0.25) is 0 Å². The molecule has 1 heterocycles. The molecule has 1 aliphatic rings. The van der Waals surface area contributed by atoms with Gasteiger partial charge in [0.05, 0.1) is 6.04 Å². The first-order valence-corrected chi connectivity index (χ1v) is 12.1. The first-order valence-electron chi connectivity index (χ1n) is 12.1. The zero-order valence-electron chi connectivity index (χ0n) is 20.5. The Morgan fingerprint density at radius 1 is 0.914 bits per heavy atom. The van der Waals surface area contributed by atoms with Gasteiger partial charge in [-0.25, -0.2) is 0 Å². The highest BCUT2D eigenvalue weighted by molar-refractivity contribution is 5.82. The minimum absolute atomic E-state index is 0.177. The Balaban J connectivity index is 1.92. The van der Waals surface area contributed by atoms with Crippen LogP contribution in [-0.2, 0) is 27.1 Å². The molecule has 0 saturated carbocycles. The average molecular weight is 493 g/mol. The van der Waals surface area contributed by atoms with Crippen molar-refractivity contribution in [3.8, 4) is 0 Å². The summed E-state index contributed by atoms with van der Waals surface area (Å²) >= 11 is 0. The molecule has 0 aromatic heterocycles. The summed E-state index contributed by atoms with van der Waals surface area (Å²) in [6.45, 7) is 6.32. The van der Waals surface area contributed by atoms with Crippen LogP contribution in [0, 0.1) is 0 Å². The summed E-state index contributed by atoms with van der Waals surface area (Å²) in [4.78, 5) is 12.0. The summed E-state index contributed by atoms with van der Waals surface area (Å²) in [7, 11) is 0. The Labute approximate surface area is 205 Å². The molecule has 0 spiro atoms. The largest absolute Gasteiger partial charge is 0.471 e. The molecule has 0 aliphatic carbocycles. The molecule has 2 aromatic rings. The van der Waals surface area contributed by atoms with Gasteiger partial charge in [-0.15, -0.1) is 0 Å². The van der Waals surface area contributed by atoms with Crippen LogP contribution in [0.4, 0.5) is 13.2 Å². The maximum Gasteiger partial charge on any atom is 0.471 e. The van der Waals surface area contributed by atoms with E-state index in [-0.39, 0.29) is 12.5 Å². The Hall–Kier alpha value is -2.42. The Morgan fingerprint density at radius 2 is 1.40 bits per heavy atom. The highest BCUT2D eigenvalue weighted by Crippen LogP contribution is 2.34. The van der Waals surface area contributed by atoms with Crippen LogP contribution in [-0.4, -0.2) is 48.7 Å². The van der Waals surface area contributed by atoms with Crippen molar-refractivity contribution < 1.29 is 27.4 Å². The maximum absolute atomic E-state index is 13.2. The summed E-state index contributed by atoms with van der Waals surface area (Å²) in [6.07, 6.45) is -3.64. The van der Waals surface area contributed by atoms with E-state index in [1.165, 1.54) is 0 Å². The lowest BCUT2D eigenvalue weighted by atomic mass is 9.91. The molecule has 1 fully saturated rings. The Morgan fingerprint density at radius 3 is 1.89 bits per heavy atom. The minimum Gasteiger partial charge on any atom is -0.343 e. The summed E-state index contributed by atoms with van der Waals surface area (Å²) in [5.74, 6) is -3.00. The van der Waals surface area contributed by atoms with Crippen LogP contribution in [0.5, 0.6) is 0 Å². The molecule has 1 amide bonds. The fraction of sp³-hybridized carbons (Fsp3) is 0.519. The number of carbonyl (C=O) groups excluding carboxylic acids is 1. The molecular weight excluding hydrogens is 457 g/mol. The third-order valence-electron chi connectivity index (χ3n) is 6.06. The van der Waals surface area contributed by atoms with Crippen LogP contribution < -0.4 is 10.6 Å². The van der Waals surface area contributed by atoms with Crippen molar-refractivity contribution in [1.29, 1.82) is 0 Å². The number of ether oxygens (including phenoxy) is 2. The van der Waals surface area contributed by atoms with Crippen molar-refractivity contribution in [1.82, 2.24) is 10.6 Å². The summed E-state index contributed by atoms with van der Waals surface area (Å²) in [6, 6.07) is 17.8. The maximum atomic E-state index is 13.2. The fourth-order valence-corrected chi connectivity index (χ4v) is 4.44. The quantitative estimate of drug-likeness (QED) is 0.443. The zero-order valence-corrected chi connectivity index (χ0v) is 20.5. The van der Waals surface area contributed by atoms with E-state index in [0.717, 1.165) is 30.5 Å². The number of halogens is 3. The lowest BCUT2D eigenvalue weighted by Gasteiger charge is -2.32. The smallest absolute Gasteiger partial charge is 0.343 e. The van der Waals surface area contributed by atoms with Crippen molar-refractivity contribution in [3.63, 3.8) is 0 Å². The predicted molar refractivity (Wildman–Crippen MR) is 129 cm³/mol. The Kier molecular flexibility index (Phi) is 9.33. The number of hydrogen-bond donors (Lipinski definition) is 2. The number of amides is 1. The number of hydrogen-bond acceptors (Lipinski definition) is 4. The van der Waals surface area contributed by atoms with E-state index in [1.54, 1.807) is 13.8 Å². The number of rotatable bonds is 11. The van der Waals surface area contributed by atoms with Gasteiger partial charge >= 0.3 is 12.1 Å². The molecule has 2 N–H and O–H groups in total. The number of alkyl halides is 3. The molecular formula is C27H35F3N2O3. The molecule has 2 aromatic carbocycles. The molecule has 8 heteroatoms. The first-order chi connectivity index (χ1) is 16.6. The second-order valence-electron chi connectivity index (χ2n) is 9.44. The van der Waals surface area contributed by atoms with Crippen LogP contribution in [0.1, 0.15) is 44.7 Å². The van der Waals surface area contributed by atoms with Crippen molar-refractivity contribution in [3.05, 3.63) is 71.8 Å². The van der Waals surface area contributed by atoms with Gasteiger partial charge < -0.3 is 20.1 Å². The van der Waals surface area contributed by atoms with E-state index < -0.39 is 36.1 Å². The van der Waals surface area contributed by atoms with Crippen LogP contribution in [0.3, 0.4) is 0 Å². The SMILES string of the molecule is CCCCN[C@H](Cc1ccccc1)[C@@H]1OC(C)(C)O[C@H]1[C@@H](Cc1ccccc1)NC(=O)C(F)(F)F. The van der Waals surface area contributed by atoms with Crippen LogP contribution in [0.2, 0.25) is 0 Å². The van der Waals surface area contributed by atoms with Crippen molar-refractivity contribution in [2.24, 2.45) is 0 Å². The van der Waals surface area contributed by atoms with Gasteiger partial charge in [0.1, 0.15) is 12.2 Å². The van der Waals surface area contributed by atoms with Gasteiger partial charge in [-0.2, -0.15) is 13.2 Å². The van der Waals surface area contributed by atoms with Gasteiger partial charge in [-0.1, -0.05) is 74.0 Å². The lowest BCUT2D eigenvalue weighted by Crippen LogP contribution is -2.56. The van der Waals surface area contributed by atoms with Crippen molar-refractivity contribution in [2.45, 2.75) is 82.7 Å². The topological polar surface area (TPSA) is 59.6 Å². The highest BCUT2D eigenvalue weighted by atomic mass is 19.4. The van der Waals surface area contributed by atoms with E-state index >= 15 is 0 Å². The van der Waals surface area contributed by atoms with E-state index in [0.29, 0.717) is 6.42 Å². The molecule has 1 saturated heterocycles. The zero-order chi connectivity index (χ0) is 25.5. The second kappa shape index (κ2) is 12.0. The number of nitrogens with one attached hydrogen (secondary N) is 2. The summed E-state index contributed by atoms with van der Waals surface area (Å²) in [5.41, 5.74) is 1.87. The van der Waals surface area contributed by atoms with Gasteiger partial charge in [0, 0.05) is 6.04 Å². The Bertz CT molecular complexity index is 922. The second-order valence-corrected chi connectivity index (χ2v) is 9.44. The number of unbranched alkanes of at least 4 members (excludes halogenated alkanes) is 1. The molecule has 3 rings (SSSR count). The molecule has 4 atom stereocenters. The van der Waals surface area contributed by atoms with Crippen LogP contribution in [0.25, 0.3) is 0 Å². The van der Waals surface area contributed by atoms with Gasteiger partial charge in [-0.3, -0.25) is 4.79 Å². The molecule has 1 aliphatic heterocycles. The normalized spacial score (nSPS) is 21.4. The van der Waals surface area contributed by atoms with Crippen molar-refractivity contribution in [2.75, 3.05) is 6.54 Å². The van der Waals surface area contributed by atoms with Crippen molar-refractivity contribution >= 4 is 5.91 Å².